The summed E-state index contributed by atoms with van der Waals surface area (Å²) in [5, 5.41) is 7.25. The molecule has 0 atom stereocenters. The Hall–Kier alpha value is -2.34. The molecule has 2 aromatic heterocycles. The third-order valence-corrected chi connectivity index (χ3v) is 4.43. The SMILES string of the molecule is Cc1cc(C)n(CCC(=O)NCc2ccc(-c3ccc(Br)cc3)o2)n1. The third-order valence-electron chi connectivity index (χ3n) is 3.90. The average molecular weight is 402 g/mol. The number of nitrogens with zero attached hydrogens (tertiary/aromatic N) is 2. The van der Waals surface area contributed by atoms with Crippen molar-refractivity contribution in [3.63, 3.8) is 0 Å². The second-order valence-electron chi connectivity index (χ2n) is 5.95. The van der Waals surface area contributed by atoms with Gasteiger partial charge in [0.05, 0.1) is 12.2 Å². The van der Waals surface area contributed by atoms with Crippen molar-refractivity contribution in [3.05, 3.63) is 64.1 Å². The summed E-state index contributed by atoms with van der Waals surface area (Å²) in [4.78, 5) is 12.0. The molecule has 0 aliphatic rings. The highest BCUT2D eigenvalue weighted by Crippen LogP contribution is 2.23. The molecule has 0 fully saturated rings. The molecule has 3 aromatic rings. The molecular formula is C19H20BrN3O2. The van der Waals surface area contributed by atoms with Crippen molar-refractivity contribution in [3.8, 4) is 11.3 Å². The van der Waals surface area contributed by atoms with Crippen LogP contribution in [0.1, 0.15) is 23.6 Å². The maximum Gasteiger partial charge on any atom is 0.222 e. The number of carbonyl (C=O) groups excluding carboxylic acids is 1. The maximum absolute atomic E-state index is 12.0. The summed E-state index contributed by atoms with van der Waals surface area (Å²) in [7, 11) is 0. The molecule has 0 saturated carbocycles. The van der Waals surface area contributed by atoms with E-state index < -0.39 is 0 Å². The van der Waals surface area contributed by atoms with Gasteiger partial charge in [0.25, 0.3) is 0 Å². The van der Waals surface area contributed by atoms with Crippen LogP contribution < -0.4 is 5.32 Å². The molecule has 0 bridgehead atoms. The minimum Gasteiger partial charge on any atom is -0.459 e. The first-order chi connectivity index (χ1) is 12.0. The Kier molecular flexibility index (Phi) is 5.38. The Morgan fingerprint density at radius 3 is 2.64 bits per heavy atom. The van der Waals surface area contributed by atoms with Crippen molar-refractivity contribution in [1.82, 2.24) is 15.1 Å². The number of rotatable bonds is 6. The molecule has 130 valence electrons. The molecule has 0 radical (unpaired) electrons. The minimum absolute atomic E-state index is 0.0193. The van der Waals surface area contributed by atoms with Crippen LogP contribution in [0.4, 0.5) is 0 Å². The fraction of sp³-hybridized carbons (Fsp3) is 0.263. The number of hydrogen-bond donors (Lipinski definition) is 1. The van der Waals surface area contributed by atoms with E-state index >= 15 is 0 Å². The predicted molar refractivity (Wildman–Crippen MR) is 100 cm³/mol. The normalized spacial score (nSPS) is 10.8. The van der Waals surface area contributed by atoms with Gasteiger partial charge in [0.15, 0.2) is 0 Å². The summed E-state index contributed by atoms with van der Waals surface area (Å²) < 4.78 is 8.68. The zero-order valence-corrected chi connectivity index (χ0v) is 15.8. The molecule has 0 saturated heterocycles. The van der Waals surface area contributed by atoms with E-state index in [1.54, 1.807) is 0 Å². The molecule has 5 nitrogen and oxygen atoms in total. The lowest BCUT2D eigenvalue weighted by molar-refractivity contribution is -0.121. The van der Waals surface area contributed by atoms with Gasteiger partial charge in [-0.15, -0.1) is 0 Å². The minimum atomic E-state index is -0.0193. The van der Waals surface area contributed by atoms with Crippen LogP contribution in [0.5, 0.6) is 0 Å². The molecule has 0 aliphatic heterocycles. The van der Waals surface area contributed by atoms with Crippen LogP contribution in [0, 0.1) is 13.8 Å². The van der Waals surface area contributed by atoms with Crippen molar-refractivity contribution in [1.29, 1.82) is 0 Å². The summed E-state index contributed by atoms with van der Waals surface area (Å²) in [6.07, 6.45) is 0.391. The molecule has 1 N–H and O–H groups in total. The van der Waals surface area contributed by atoms with E-state index in [4.69, 9.17) is 4.42 Å². The van der Waals surface area contributed by atoms with E-state index in [0.29, 0.717) is 19.5 Å². The highest BCUT2D eigenvalue weighted by Gasteiger charge is 2.08. The summed E-state index contributed by atoms with van der Waals surface area (Å²) in [5.41, 5.74) is 3.04. The van der Waals surface area contributed by atoms with Crippen LogP contribution in [0.3, 0.4) is 0 Å². The topological polar surface area (TPSA) is 60.1 Å². The fourth-order valence-corrected chi connectivity index (χ4v) is 2.89. The van der Waals surface area contributed by atoms with E-state index in [0.717, 1.165) is 32.9 Å². The van der Waals surface area contributed by atoms with Gasteiger partial charge in [0, 0.05) is 28.7 Å². The number of benzene rings is 1. The van der Waals surface area contributed by atoms with Gasteiger partial charge in [-0.2, -0.15) is 5.10 Å². The van der Waals surface area contributed by atoms with Crippen LogP contribution >= 0.6 is 15.9 Å². The molecule has 2 heterocycles. The van der Waals surface area contributed by atoms with Gasteiger partial charge < -0.3 is 9.73 Å². The van der Waals surface area contributed by atoms with Crippen molar-refractivity contribution in [2.45, 2.75) is 33.4 Å². The Morgan fingerprint density at radius 1 is 1.20 bits per heavy atom. The second kappa shape index (κ2) is 7.70. The van der Waals surface area contributed by atoms with Crippen LogP contribution in [0.15, 0.2) is 51.4 Å². The van der Waals surface area contributed by atoms with Gasteiger partial charge in [0.2, 0.25) is 5.91 Å². The Morgan fingerprint density at radius 2 is 1.96 bits per heavy atom. The third kappa shape index (κ3) is 4.60. The number of halogens is 1. The molecular weight excluding hydrogens is 382 g/mol. The summed E-state index contributed by atoms with van der Waals surface area (Å²) in [6, 6.07) is 13.7. The van der Waals surface area contributed by atoms with Crippen molar-refractivity contribution < 1.29 is 9.21 Å². The molecule has 0 spiro atoms. The zero-order chi connectivity index (χ0) is 17.8. The smallest absolute Gasteiger partial charge is 0.222 e. The van der Waals surface area contributed by atoms with E-state index in [1.807, 2.05) is 61.0 Å². The molecule has 1 aromatic carbocycles. The summed E-state index contributed by atoms with van der Waals surface area (Å²) in [5.74, 6) is 1.51. The van der Waals surface area contributed by atoms with Crippen LogP contribution in [-0.2, 0) is 17.9 Å². The molecule has 6 heteroatoms. The standard InChI is InChI=1S/C19H20BrN3O2/c1-13-11-14(2)23(22-13)10-9-19(24)21-12-17-7-8-18(25-17)15-3-5-16(20)6-4-15/h3-8,11H,9-10,12H2,1-2H3,(H,21,24). The molecule has 25 heavy (non-hydrogen) atoms. The summed E-state index contributed by atoms with van der Waals surface area (Å²) >= 11 is 3.42. The van der Waals surface area contributed by atoms with Gasteiger partial charge in [-0.05, 0) is 44.2 Å². The van der Waals surface area contributed by atoms with Crippen molar-refractivity contribution in [2.24, 2.45) is 0 Å². The average Bonchev–Trinajstić information content (AvgIpc) is 3.18. The number of furan rings is 1. The lowest BCUT2D eigenvalue weighted by Gasteiger charge is -2.05. The monoisotopic (exact) mass is 401 g/mol. The van der Waals surface area contributed by atoms with E-state index in [-0.39, 0.29) is 5.91 Å². The first kappa shape index (κ1) is 17.5. The molecule has 1 amide bonds. The van der Waals surface area contributed by atoms with Gasteiger partial charge in [-0.1, -0.05) is 28.1 Å². The van der Waals surface area contributed by atoms with Crippen molar-refractivity contribution in [2.75, 3.05) is 0 Å². The highest BCUT2D eigenvalue weighted by molar-refractivity contribution is 9.10. The first-order valence-corrected chi connectivity index (χ1v) is 8.93. The number of hydrogen-bond acceptors (Lipinski definition) is 3. The molecule has 0 unspecified atom stereocenters. The number of aryl methyl sites for hydroxylation is 3. The highest BCUT2D eigenvalue weighted by atomic mass is 79.9. The Bertz CT molecular complexity index is 865. The van der Waals surface area contributed by atoms with E-state index in [1.165, 1.54) is 0 Å². The van der Waals surface area contributed by atoms with Gasteiger partial charge in [-0.3, -0.25) is 9.48 Å². The van der Waals surface area contributed by atoms with E-state index in [9.17, 15) is 4.79 Å². The maximum atomic E-state index is 12.0. The quantitative estimate of drug-likeness (QED) is 0.672. The van der Waals surface area contributed by atoms with Crippen molar-refractivity contribution >= 4 is 21.8 Å². The van der Waals surface area contributed by atoms with Crippen LogP contribution in [0.25, 0.3) is 11.3 Å². The number of aromatic nitrogens is 2. The summed E-state index contributed by atoms with van der Waals surface area (Å²) in [6.45, 7) is 4.90. The largest absolute Gasteiger partial charge is 0.459 e. The molecule has 3 rings (SSSR count). The number of amides is 1. The van der Waals surface area contributed by atoms with Crippen LogP contribution in [0.2, 0.25) is 0 Å². The second-order valence-corrected chi connectivity index (χ2v) is 6.87. The first-order valence-electron chi connectivity index (χ1n) is 8.13. The fourth-order valence-electron chi connectivity index (χ4n) is 2.63. The lowest BCUT2D eigenvalue weighted by Crippen LogP contribution is -2.24. The number of nitrogens with one attached hydrogen (secondary N) is 1. The van der Waals surface area contributed by atoms with Gasteiger partial charge >= 0.3 is 0 Å². The number of carbonyl (C=O) groups is 1. The predicted octanol–water partition coefficient (Wildman–Crippen LogP) is 4.23. The Labute approximate surface area is 155 Å². The van der Waals surface area contributed by atoms with Crippen LogP contribution in [-0.4, -0.2) is 15.7 Å². The van der Waals surface area contributed by atoms with Gasteiger partial charge in [-0.25, -0.2) is 0 Å². The zero-order valence-electron chi connectivity index (χ0n) is 14.3. The Balaban J connectivity index is 1.51. The van der Waals surface area contributed by atoms with E-state index in [2.05, 4.69) is 26.3 Å². The van der Waals surface area contributed by atoms with Gasteiger partial charge in [0.1, 0.15) is 11.5 Å². The lowest BCUT2D eigenvalue weighted by atomic mass is 10.2. The molecule has 0 aliphatic carbocycles.